The van der Waals surface area contributed by atoms with Gasteiger partial charge in [-0.25, -0.2) is 14.8 Å². The van der Waals surface area contributed by atoms with Crippen molar-refractivity contribution in [1.29, 1.82) is 0 Å². The maximum atomic E-state index is 14.1. The molecule has 2 saturated heterocycles. The Morgan fingerprint density at radius 3 is 1.40 bits per heavy atom. The van der Waals surface area contributed by atoms with E-state index in [1.165, 1.54) is 7.11 Å². The Morgan fingerprint density at radius 1 is 0.600 bits per heavy atom. The minimum absolute atomic E-state index is 0. The summed E-state index contributed by atoms with van der Waals surface area (Å²) < 4.78 is 29.7. The number of hydrogen-bond donors (Lipinski definition) is 3. The molecule has 6 heterocycles. The molecule has 0 unspecified atom stereocenters. The van der Waals surface area contributed by atoms with E-state index in [1.54, 1.807) is 4.90 Å². The number of imidazole rings is 2. The van der Waals surface area contributed by atoms with Crippen LogP contribution in [-0.4, -0.2) is 113 Å². The summed E-state index contributed by atoms with van der Waals surface area (Å²) in [6.45, 7) is 14.2. The van der Waals surface area contributed by atoms with Crippen molar-refractivity contribution in [2.24, 2.45) is 17.8 Å². The summed E-state index contributed by atoms with van der Waals surface area (Å²) in [5.41, 5.74) is 7.33. The van der Waals surface area contributed by atoms with Crippen molar-refractivity contribution in [1.82, 2.24) is 35.1 Å². The summed E-state index contributed by atoms with van der Waals surface area (Å²) in [5, 5.41) is 2.74. The van der Waals surface area contributed by atoms with Crippen molar-refractivity contribution in [3.8, 4) is 33.6 Å². The maximum absolute atomic E-state index is 14.1. The van der Waals surface area contributed by atoms with E-state index in [2.05, 4.69) is 77.7 Å². The lowest BCUT2D eigenvalue weighted by Crippen LogP contribution is -2.51. The summed E-state index contributed by atoms with van der Waals surface area (Å²) in [7, 11) is 1.29. The second-order valence-electron chi connectivity index (χ2n) is 18.4. The Bertz CT molecular complexity index is 2250. The minimum Gasteiger partial charge on any atom is -0.453 e. The molecule has 2 fully saturated rings. The minimum atomic E-state index is -0.769. The molecule has 21 heteroatoms. The molecule has 8 rings (SSSR count). The second kappa shape index (κ2) is 29.0. The van der Waals surface area contributed by atoms with Gasteiger partial charge in [-0.15, -0.1) is 0 Å². The summed E-state index contributed by atoms with van der Waals surface area (Å²) in [5.74, 6) is 1.33. The van der Waals surface area contributed by atoms with Gasteiger partial charge >= 0.3 is 6.09 Å². The number of aromatic nitrogens is 4. The lowest BCUT2D eigenvalue weighted by atomic mass is 9.96. The molecule has 0 saturated carbocycles. The molecule has 4 aromatic rings. The van der Waals surface area contributed by atoms with Crippen LogP contribution in [0, 0.1) is 17.8 Å². The van der Waals surface area contributed by atoms with Crippen LogP contribution in [0.2, 0.25) is 0 Å². The number of aromatic amines is 2. The molecule has 0 spiro atoms. The topological polar surface area (TPSA) is 173 Å². The van der Waals surface area contributed by atoms with E-state index < -0.39 is 12.1 Å². The zero-order chi connectivity index (χ0) is 44.9. The van der Waals surface area contributed by atoms with Crippen LogP contribution in [0.1, 0.15) is 108 Å². The van der Waals surface area contributed by atoms with Crippen molar-refractivity contribution in [2.45, 2.75) is 117 Å². The Kier molecular flexibility index (Phi) is 26.2. The third-order valence-corrected chi connectivity index (χ3v) is 13.3. The number of fused-ring (bicyclic) bond motifs is 10. The van der Waals surface area contributed by atoms with Crippen LogP contribution >= 0.6 is 81.0 Å². The number of benzene rings is 2. The molecular weight excluding hydrogens is 1010 g/mol. The Morgan fingerprint density at radius 2 is 1.00 bits per heavy atom. The zero-order valence-electron chi connectivity index (χ0n) is 41.2. The zero-order valence-corrected chi connectivity index (χ0v) is 47.2. The Hall–Kier alpha value is -2.99. The largest absolute Gasteiger partial charge is 0.453 e. The van der Waals surface area contributed by atoms with E-state index in [-0.39, 0.29) is 135 Å². The fraction of sp³-hybridized carbons (Fsp3) is 0.571. The van der Waals surface area contributed by atoms with Crippen LogP contribution in [0.5, 0.6) is 0 Å². The summed E-state index contributed by atoms with van der Waals surface area (Å²) in [6.07, 6.45) is 3.95. The fourth-order valence-corrected chi connectivity index (χ4v) is 9.23. The predicted molar refractivity (Wildman–Crippen MR) is 303 cm³/mol. The van der Waals surface area contributed by atoms with Gasteiger partial charge in [-0.2, -0.15) is 81.0 Å². The van der Waals surface area contributed by atoms with Gasteiger partial charge in [-0.1, -0.05) is 83.1 Å². The number of nitrogens with zero attached hydrogens (tertiary/aromatic N) is 4. The number of methoxy groups -OCH3 is 1. The number of alkyl carbamates (subject to hydrolysis) is 1. The van der Waals surface area contributed by atoms with E-state index in [4.69, 9.17) is 33.7 Å². The number of rotatable bonds is 8. The number of carbonyl (C=O) groups is 3. The quantitative estimate of drug-likeness (QED) is 0.156. The van der Waals surface area contributed by atoms with Crippen molar-refractivity contribution in [2.75, 3.05) is 46.6 Å². The molecule has 15 nitrogen and oxygen atoms in total. The normalized spacial score (nSPS) is 21.0. The first kappa shape index (κ1) is 63.1. The Labute approximate surface area is 455 Å². The molecule has 70 heavy (non-hydrogen) atoms. The van der Waals surface area contributed by atoms with Crippen molar-refractivity contribution < 1.29 is 38.1 Å². The molecule has 392 valence electrons. The van der Waals surface area contributed by atoms with E-state index in [0.717, 1.165) is 76.5 Å². The lowest BCUT2D eigenvalue weighted by Gasteiger charge is -2.29. The number of H-pyrrole nitrogens is 2. The summed E-state index contributed by atoms with van der Waals surface area (Å²) in [6, 6.07) is 15.4. The summed E-state index contributed by atoms with van der Waals surface area (Å²) >= 11 is 0. The van der Waals surface area contributed by atoms with Gasteiger partial charge in [0, 0.05) is 69.4 Å². The highest BCUT2D eigenvalue weighted by Gasteiger charge is 2.43. The second-order valence-corrected chi connectivity index (χ2v) is 18.4. The first-order valence-electron chi connectivity index (χ1n) is 23.2. The predicted octanol–water partition coefficient (Wildman–Crippen LogP) is 8.42. The molecule has 2 aromatic carbocycles. The highest BCUT2D eigenvalue weighted by Crippen LogP contribution is 2.39. The first-order valence-corrected chi connectivity index (χ1v) is 23.2. The maximum Gasteiger partial charge on any atom is 0.407 e. The highest BCUT2D eigenvalue weighted by molar-refractivity contribution is 7.60. The van der Waals surface area contributed by atoms with E-state index in [1.807, 2.05) is 25.7 Å². The van der Waals surface area contributed by atoms with Crippen LogP contribution in [0.15, 0.2) is 48.5 Å². The van der Waals surface area contributed by atoms with Gasteiger partial charge in [-0.3, -0.25) is 9.59 Å². The van der Waals surface area contributed by atoms with Gasteiger partial charge < -0.3 is 48.8 Å². The third-order valence-electron chi connectivity index (χ3n) is 13.3. The molecule has 4 aliphatic rings. The number of carbonyl (C=O) groups excluding carboxylic acids is 3. The standard InChI is InChI=1S/C49H65N7O8.6H2S/c1-29(2)31(5)47(57)55-25-36-23-40(55)45-50-38(27-61-19-7-9-21-63-36)43(52-45)34-15-11-32(12-16-34)33-13-17-35(18-14-33)44-39-28-62-20-8-10-22-64-37-24-41(46(51-39)53-44)56(26-37)48(58)42(30(3)4)54-49(59)60-6;;;;;;/h11-18,29-31,36-37,40-42H,7-10,19-28H2,1-6H3,(H,50,52)(H,51,53)(H,54,59);6*1H2/t31-,36-,37-,40-,41-,42-;;;;;;/m0....../s1. The molecule has 3 amide bonds. The van der Waals surface area contributed by atoms with E-state index >= 15 is 0 Å². The van der Waals surface area contributed by atoms with Crippen LogP contribution in [0.25, 0.3) is 33.6 Å². The molecule has 3 N–H and O–H groups in total. The molecule has 8 bridgehead atoms. The molecule has 0 aliphatic carbocycles. The monoisotopic (exact) mass is 1080 g/mol. The van der Waals surface area contributed by atoms with Crippen LogP contribution in [0.3, 0.4) is 0 Å². The van der Waals surface area contributed by atoms with Crippen LogP contribution in [0.4, 0.5) is 4.79 Å². The molecular formula is C49H77N7O8S6. The number of nitrogens with one attached hydrogen (secondary N) is 3. The molecule has 6 atom stereocenters. The van der Waals surface area contributed by atoms with Gasteiger partial charge in [-0.05, 0) is 48.6 Å². The van der Waals surface area contributed by atoms with Gasteiger partial charge in [0.05, 0.1) is 67.4 Å². The van der Waals surface area contributed by atoms with Crippen molar-refractivity contribution in [3.05, 3.63) is 71.6 Å². The van der Waals surface area contributed by atoms with Gasteiger partial charge in [0.15, 0.2) is 0 Å². The molecule has 4 aliphatic heterocycles. The number of likely N-dealkylation sites (tertiary alicyclic amines) is 2. The third kappa shape index (κ3) is 14.6. The highest BCUT2D eigenvalue weighted by atomic mass is 32.1. The average molecular weight is 1080 g/mol. The van der Waals surface area contributed by atoms with Gasteiger partial charge in [0.1, 0.15) is 17.7 Å². The van der Waals surface area contributed by atoms with Crippen molar-refractivity contribution >= 4 is 98.9 Å². The SMILES string of the molecule is COC(=O)N[C@H](C(=O)N1C[C@@H]2C[C@H]1c1nc(-c3ccc(-c4ccc(-c5nc6[nH]c5COCCCCO[C@H]5C[C@@H]6N(C(=O)[C@@H](C)C(C)C)C5)cc4)cc3)c([nH]1)COCCCCO2)C(C)C.S.S.S.S.S.S. The van der Waals surface area contributed by atoms with Crippen LogP contribution in [-0.2, 0) is 46.5 Å². The first-order chi connectivity index (χ1) is 31.0. The molecule has 0 radical (unpaired) electrons. The lowest BCUT2D eigenvalue weighted by molar-refractivity contribution is -0.138. The van der Waals surface area contributed by atoms with E-state index in [0.29, 0.717) is 71.4 Å². The van der Waals surface area contributed by atoms with Crippen LogP contribution < -0.4 is 5.32 Å². The van der Waals surface area contributed by atoms with Crippen molar-refractivity contribution in [3.63, 3.8) is 0 Å². The smallest absolute Gasteiger partial charge is 0.407 e. The number of hydrogen-bond acceptors (Lipinski definition) is 10. The number of amides is 3. The number of ether oxygens (including phenoxy) is 5. The van der Waals surface area contributed by atoms with Gasteiger partial charge in [0.2, 0.25) is 11.8 Å². The fourth-order valence-electron chi connectivity index (χ4n) is 9.23. The average Bonchev–Trinajstić information content (AvgIpc) is 4.12. The molecule has 2 aromatic heterocycles. The summed E-state index contributed by atoms with van der Waals surface area (Å²) in [4.78, 5) is 61.4. The van der Waals surface area contributed by atoms with E-state index in [9.17, 15) is 14.4 Å². The van der Waals surface area contributed by atoms with Gasteiger partial charge in [0.25, 0.3) is 0 Å². The Balaban J connectivity index is 0.00000280.